The van der Waals surface area contributed by atoms with Crippen LogP contribution in [0.3, 0.4) is 0 Å². The van der Waals surface area contributed by atoms with Crippen molar-refractivity contribution in [3.8, 4) is 0 Å². The van der Waals surface area contributed by atoms with E-state index in [-0.39, 0.29) is 25.7 Å². The Bertz CT molecular complexity index is 918. The zero-order chi connectivity index (χ0) is 34.7. The van der Waals surface area contributed by atoms with Gasteiger partial charge in [0, 0.05) is 13.0 Å². The van der Waals surface area contributed by atoms with Gasteiger partial charge in [-0.3, -0.25) is 13.8 Å². The summed E-state index contributed by atoms with van der Waals surface area (Å²) in [5.74, 6) is -0.211. The minimum absolute atomic E-state index is 0.0738. The number of phosphoric ester groups is 1. The van der Waals surface area contributed by atoms with Crippen LogP contribution in [0.1, 0.15) is 142 Å². The molecule has 5 N–H and O–H groups in total. The lowest BCUT2D eigenvalue weighted by molar-refractivity contribution is -0.123. The second kappa shape index (κ2) is 34.1. The molecule has 0 saturated carbocycles. The van der Waals surface area contributed by atoms with Crippen LogP contribution in [0.15, 0.2) is 60.8 Å². The average Bonchev–Trinajstić information content (AvgIpc) is 3.05. The second-order valence-electron chi connectivity index (χ2n) is 12.0. The standard InChI is InChI=1S/C38H69N2O6P/c1-3-5-7-9-11-12-13-14-15-16-17-18-19-20-21-22-23-24-26-28-30-32-38(42)40-36(35-46-47(43,44)45-34-33-39)37(41)31-29-27-25-10-8-6-4-2/h5,7,11-12,14-15,17-18,29,31,36-37,41H,3-4,6,8-10,13,16,19-28,30,32-35,39H2,1-2H3,(H,40,42)(H,43,44)/b7-5-,12-11-,15-14-,18-17-,31-29+. The van der Waals surface area contributed by atoms with Crippen LogP contribution in [0.2, 0.25) is 0 Å². The van der Waals surface area contributed by atoms with Crippen LogP contribution in [0, 0.1) is 0 Å². The molecule has 3 unspecified atom stereocenters. The van der Waals surface area contributed by atoms with Crippen molar-refractivity contribution in [2.45, 2.75) is 154 Å². The van der Waals surface area contributed by atoms with Gasteiger partial charge in [0.05, 0.1) is 25.4 Å². The number of allylic oxidation sites excluding steroid dienone is 9. The van der Waals surface area contributed by atoms with Gasteiger partial charge in [0.25, 0.3) is 0 Å². The number of aliphatic hydroxyl groups excluding tert-OH is 1. The van der Waals surface area contributed by atoms with E-state index in [4.69, 9.17) is 14.8 Å². The predicted molar refractivity (Wildman–Crippen MR) is 198 cm³/mol. The molecule has 0 aliphatic rings. The number of hydrogen-bond acceptors (Lipinski definition) is 6. The van der Waals surface area contributed by atoms with Crippen molar-refractivity contribution < 1.29 is 28.4 Å². The number of unbranched alkanes of at least 4 members (excludes halogenated alkanes) is 13. The molecule has 0 aromatic carbocycles. The Labute approximate surface area is 287 Å². The smallest absolute Gasteiger partial charge is 0.387 e. The van der Waals surface area contributed by atoms with Gasteiger partial charge in [0.1, 0.15) is 0 Å². The molecule has 0 spiro atoms. The Morgan fingerprint density at radius 2 is 1.23 bits per heavy atom. The molecule has 0 radical (unpaired) electrons. The number of nitrogens with two attached hydrogens (primary N) is 1. The summed E-state index contributed by atoms with van der Waals surface area (Å²) in [5, 5.41) is 13.5. The highest BCUT2D eigenvalue weighted by Crippen LogP contribution is 2.43. The maximum Gasteiger partial charge on any atom is 0.472 e. The van der Waals surface area contributed by atoms with Gasteiger partial charge in [-0.25, -0.2) is 4.57 Å². The molecular weight excluding hydrogens is 611 g/mol. The van der Waals surface area contributed by atoms with Crippen molar-refractivity contribution in [2.75, 3.05) is 19.8 Å². The molecule has 0 rings (SSSR count). The SMILES string of the molecule is CC/C=C\C/C=C\C/C=C\C/C=C\CCCCCCCCCCC(=O)NC(COP(=O)(O)OCCN)C(O)/C=C/CCCCCCC. The quantitative estimate of drug-likeness (QED) is 0.0308. The van der Waals surface area contributed by atoms with Crippen LogP contribution >= 0.6 is 7.82 Å². The Hall–Kier alpha value is -1.80. The largest absolute Gasteiger partial charge is 0.472 e. The highest BCUT2D eigenvalue weighted by Gasteiger charge is 2.26. The van der Waals surface area contributed by atoms with Gasteiger partial charge in [-0.15, -0.1) is 0 Å². The summed E-state index contributed by atoms with van der Waals surface area (Å²) in [6.45, 7) is 3.92. The summed E-state index contributed by atoms with van der Waals surface area (Å²) in [6, 6.07) is -0.863. The predicted octanol–water partition coefficient (Wildman–Crippen LogP) is 9.55. The van der Waals surface area contributed by atoms with Gasteiger partial charge in [0.2, 0.25) is 5.91 Å². The number of aliphatic hydroxyl groups is 1. The lowest BCUT2D eigenvalue weighted by atomic mass is 10.1. The van der Waals surface area contributed by atoms with Crippen molar-refractivity contribution in [1.29, 1.82) is 0 Å². The number of hydrogen-bond donors (Lipinski definition) is 4. The summed E-state index contributed by atoms with van der Waals surface area (Å²) in [6.07, 6.45) is 41.4. The fourth-order valence-corrected chi connectivity index (χ4v) is 5.59. The summed E-state index contributed by atoms with van der Waals surface area (Å²) >= 11 is 0. The van der Waals surface area contributed by atoms with Gasteiger partial charge in [-0.2, -0.15) is 0 Å². The summed E-state index contributed by atoms with van der Waals surface area (Å²) < 4.78 is 21.9. The number of amides is 1. The second-order valence-corrected chi connectivity index (χ2v) is 13.5. The van der Waals surface area contributed by atoms with E-state index in [9.17, 15) is 19.4 Å². The Kier molecular flexibility index (Phi) is 32.8. The first-order valence-corrected chi connectivity index (χ1v) is 19.9. The van der Waals surface area contributed by atoms with Crippen LogP contribution in [0.25, 0.3) is 0 Å². The minimum Gasteiger partial charge on any atom is -0.387 e. The van der Waals surface area contributed by atoms with Crippen molar-refractivity contribution in [3.63, 3.8) is 0 Å². The van der Waals surface area contributed by atoms with Crippen molar-refractivity contribution in [1.82, 2.24) is 5.32 Å². The highest BCUT2D eigenvalue weighted by molar-refractivity contribution is 7.47. The lowest BCUT2D eigenvalue weighted by Gasteiger charge is -2.23. The molecular formula is C38H69N2O6P. The molecule has 9 heteroatoms. The molecule has 0 aromatic rings. The van der Waals surface area contributed by atoms with E-state index in [1.54, 1.807) is 6.08 Å². The van der Waals surface area contributed by atoms with Crippen LogP contribution in [-0.4, -0.2) is 47.8 Å². The highest BCUT2D eigenvalue weighted by atomic mass is 31.2. The fraction of sp³-hybridized carbons (Fsp3) is 0.711. The van der Waals surface area contributed by atoms with E-state index in [0.717, 1.165) is 70.6 Å². The average molecular weight is 681 g/mol. The molecule has 3 atom stereocenters. The van der Waals surface area contributed by atoms with Crippen molar-refractivity contribution in [2.24, 2.45) is 5.73 Å². The number of carbonyl (C=O) groups is 1. The van der Waals surface area contributed by atoms with Crippen molar-refractivity contribution >= 4 is 13.7 Å². The maximum atomic E-state index is 12.6. The summed E-state index contributed by atoms with van der Waals surface area (Å²) in [4.78, 5) is 22.5. The van der Waals surface area contributed by atoms with E-state index in [0.29, 0.717) is 6.42 Å². The van der Waals surface area contributed by atoms with E-state index >= 15 is 0 Å². The molecule has 0 aliphatic carbocycles. The number of carbonyl (C=O) groups excluding carboxylic acids is 1. The molecule has 8 nitrogen and oxygen atoms in total. The Morgan fingerprint density at radius 1 is 0.723 bits per heavy atom. The molecule has 47 heavy (non-hydrogen) atoms. The summed E-state index contributed by atoms with van der Waals surface area (Å²) in [5.41, 5.74) is 5.33. The first-order valence-electron chi connectivity index (χ1n) is 18.4. The third-order valence-corrected chi connectivity index (χ3v) is 8.58. The van der Waals surface area contributed by atoms with Gasteiger partial charge in [0.15, 0.2) is 0 Å². The zero-order valence-electron chi connectivity index (χ0n) is 29.7. The van der Waals surface area contributed by atoms with Gasteiger partial charge >= 0.3 is 7.82 Å². The van der Waals surface area contributed by atoms with Crippen LogP contribution in [0.4, 0.5) is 0 Å². The molecule has 0 heterocycles. The Morgan fingerprint density at radius 3 is 1.81 bits per heavy atom. The number of nitrogens with one attached hydrogen (secondary N) is 1. The van der Waals surface area contributed by atoms with E-state index < -0.39 is 20.0 Å². The molecule has 0 fully saturated rings. The monoisotopic (exact) mass is 680 g/mol. The van der Waals surface area contributed by atoms with Crippen molar-refractivity contribution in [3.05, 3.63) is 60.8 Å². The first kappa shape index (κ1) is 45.2. The molecule has 1 amide bonds. The van der Waals surface area contributed by atoms with Gasteiger partial charge < -0.3 is 21.1 Å². The van der Waals surface area contributed by atoms with Crippen LogP contribution in [-0.2, 0) is 18.4 Å². The van der Waals surface area contributed by atoms with Crippen LogP contribution in [0.5, 0.6) is 0 Å². The lowest BCUT2D eigenvalue weighted by Crippen LogP contribution is -2.45. The fourth-order valence-electron chi connectivity index (χ4n) is 4.83. The Balaban J connectivity index is 4.15. The van der Waals surface area contributed by atoms with Gasteiger partial charge in [-0.05, 0) is 57.8 Å². The van der Waals surface area contributed by atoms with E-state index in [1.807, 2.05) is 6.08 Å². The first-order chi connectivity index (χ1) is 22.9. The molecule has 0 aliphatic heterocycles. The zero-order valence-corrected chi connectivity index (χ0v) is 30.6. The van der Waals surface area contributed by atoms with Crippen LogP contribution < -0.4 is 11.1 Å². The normalized spacial score (nSPS) is 15.1. The third-order valence-electron chi connectivity index (χ3n) is 7.60. The molecule has 0 saturated heterocycles. The topological polar surface area (TPSA) is 131 Å². The number of phosphoric acid groups is 1. The molecule has 0 aromatic heterocycles. The maximum absolute atomic E-state index is 12.6. The molecule has 272 valence electrons. The van der Waals surface area contributed by atoms with E-state index in [2.05, 4.69) is 67.8 Å². The van der Waals surface area contributed by atoms with E-state index in [1.165, 1.54) is 51.4 Å². The van der Waals surface area contributed by atoms with Gasteiger partial charge in [-0.1, -0.05) is 139 Å². The number of rotatable bonds is 33. The minimum atomic E-state index is -4.33. The molecule has 0 bridgehead atoms. The third kappa shape index (κ3) is 32.5. The summed E-state index contributed by atoms with van der Waals surface area (Å²) in [7, 11) is -4.33.